The average molecular weight is 266 g/mol. The van der Waals surface area contributed by atoms with Crippen molar-refractivity contribution in [3.05, 3.63) is 0 Å². The van der Waals surface area contributed by atoms with Crippen LogP contribution in [0.25, 0.3) is 0 Å². The molecule has 1 aromatic heterocycles. The quantitative estimate of drug-likeness (QED) is 0.663. The molecule has 1 aromatic rings. The lowest BCUT2D eigenvalue weighted by molar-refractivity contribution is 0.193. The predicted molar refractivity (Wildman–Crippen MR) is 60.6 cm³/mol. The number of sulfonamides is 1. The molecule has 0 fully saturated rings. The molecule has 0 atom stereocenters. The van der Waals surface area contributed by atoms with Gasteiger partial charge in [0.1, 0.15) is 0 Å². The Labute approximate surface area is 98.1 Å². The second-order valence-electron chi connectivity index (χ2n) is 3.00. The molecule has 9 heteroatoms. The van der Waals surface area contributed by atoms with Gasteiger partial charge in [-0.05, 0) is 12.8 Å². The molecule has 1 rings (SSSR count). The number of methoxy groups -OCH3 is 1. The van der Waals surface area contributed by atoms with Crippen LogP contribution in [-0.4, -0.2) is 38.9 Å². The van der Waals surface area contributed by atoms with Gasteiger partial charge in [-0.25, -0.2) is 13.1 Å². The molecule has 1 heterocycles. The summed E-state index contributed by atoms with van der Waals surface area (Å²) >= 11 is 0.843. The van der Waals surface area contributed by atoms with Crippen LogP contribution in [0.4, 0.5) is 5.13 Å². The van der Waals surface area contributed by atoms with E-state index in [0.717, 1.165) is 17.8 Å². The third-order valence-corrected chi connectivity index (χ3v) is 4.30. The Morgan fingerprint density at radius 2 is 2.19 bits per heavy atom. The Kier molecular flexibility index (Phi) is 5.06. The van der Waals surface area contributed by atoms with Gasteiger partial charge >= 0.3 is 0 Å². The van der Waals surface area contributed by atoms with Crippen LogP contribution in [0.15, 0.2) is 4.34 Å². The normalized spacial score (nSPS) is 11.8. The maximum Gasteiger partial charge on any atom is 0.269 e. The summed E-state index contributed by atoms with van der Waals surface area (Å²) in [6.45, 7) is 0.971. The topological polar surface area (TPSA) is 107 Å². The molecule has 0 saturated carbocycles. The van der Waals surface area contributed by atoms with Gasteiger partial charge in [-0.1, -0.05) is 11.3 Å². The fourth-order valence-electron chi connectivity index (χ4n) is 0.969. The van der Waals surface area contributed by atoms with E-state index < -0.39 is 10.0 Å². The van der Waals surface area contributed by atoms with Crippen LogP contribution in [0.5, 0.6) is 0 Å². The Morgan fingerprint density at radius 3 is 2.75 bits per heavy atom. The number of hydrogen-bond donors (Lipinski definition) is 2. The van der Waals surface area contributed by atoms with Crippen LogP contribution in [0.1, 0.15) is 12.8 Å². The van der Waals surface area contributed by atoms with Gasteiger partial charge < -0.3 is 10.5 Å². The van der Waals surface area contributed by atoms with Crippen molar-refractivity contribution in [1.29, 1.82) is 0 Å². The molecule has 16 heavy (non-hydrogen) atoms. The molecular weight excluding hydrogens is 252 g/mol. The lowest BCUT2D eigenvalue weighted by Crippen LogP contribution is -2.24. The van der Waals surface area contributed by atoms with E-state index in [2.05, 4.69) is 14.9 Å². The number of unbranched alkanes of at least 4 members (excludes halogenated alkanes) is 1. The molecule has 0 unspecified atom stereocenters. The van der Waals surface area contributed by atoms with Gasteiger partial charge in [-0.2, -0.15) is 0 Å². The van der Waals surface area contributed by atoms with Gasteiger partial charge in [0, 0.05) is 20.3 Å². The van der Waals surface area contributed by atoms with Crippen molar-refractivity contribution in [3.63, 3.8) is 0 Å². The second-order valence-corrected chi connectivity index (χ2v) is 5.95. The summed E-state index contributed by atoms with van der Waals surface area (Å²) in [5, 5.41) is 7.06. The van der Waals surface area contributed by atoms with Crippen molar-refractivity contribution >= 4 is 26.5 Å². The first-order valence-electron chi connectivity index (χ1n) is 4.64. The van der Waals surface area contributed by atoms with Crippen LogP contribution < -0.4 is 10.5 Å². The number of aromatic nitrogens is 2. The molecule has 0 amide bonds. The predicted octanol–water partition coefficient (Wildman–Crippen LogP) is -0.175. The molecule has 0 saturated heterocycles. The molecular formula is C7H14N4O3S2. The van der Waals surface area contributed by atoms with Gasteiger partial charge in [0.2, 0.25) is 9.47 Å². The zero-order valence-electron chi connectivity index (χ0n) is 8.84. The molecule has 0 aliphatic carbocycles. The van der Waals surface area contributed by atoms with Crippen molar-refractivity contribution in [2.75, 3.05) is 26.0 Å². The standard InChI is InChI=1S/C7H14N4O3S2/c1-14-5-3-2-4-9-16(12,13)7-11-10-6(8)15-7/h9H,2-5H2,1H3,(H2,8,10). The summed E-state index contributed by atoms with van der Waals surface area (Å²) in [4.78, 5) is 0. The zero-order valence-corrected chi connectivity index (χ0v) is 10.5. The minimum Gasteiger partial charge on any atom is -0.385 e. The van der Waals surface area contributed by atoms with Gasteiger partial charge in [0.25, 0.3) is 10.0 Å². The summed E-state index contributed by atoms with van der Waals surface area (Å²) in [6.07, 6.45) is 1.51. The van der Waals surface area contributed by atoms with Crippen molar-refractivity contribution in [2.24, 2.45) is 0 Å². The van der Waals surface area contributed by atoms with Crippen LogP contribution in [-0.2, 0) is 14.8 Å². The van der Waals surface area contributed by atoms with E-state index in [1.54, 1.807) is 7.11 Å². The Hall–Kier alpha value is -0.770. The summed E-state index contributed by atoms with van der Waals surface area (Å²) in [6, 6.07) is 0. The lowest BCUT2D eigenvalue weighted by atomic mass is 10.3. The average Bonchev–Trinajstić information content (AvgIpc) is 2.65. The number of nitrogen functional groups attached to an aromatic ring is 1. The number of hydrogen-bond acceptors (Lipinski definition) is 7. The highest BCUT2D eigenvalue weighted by molar-refractivity contribution is 7.91. The first-order valence-corrected chi connectivity index (χ1v) is 6.94. The number of rotatable bonds is 7. The molecule has 0 bridgehead atoms. The first-order chi connectivity index (χ1) is 7.56. The minimum atomic E-state index is -3.55. The molecule has 92 valence electrons. The Balaban J connectivity index is 2.41. The third kappa shape index (κ3) is 4.00. The number of nitrogens with two attached hydrogens (primary N) is 1. The molecule has 3 N–H and O–H groups in total. The molecule has 7 nitrogen and oxygen atoms in total. The van der Waals surface area contributed by atoms with Crippen molar-refractivity contribution in [3.8, 4) is 0 Å². The van der Waals surface area contributed by atoms with E-state index >= 15 is 0 Å². The Bertz CT molecular complexity index is 417. The summed E-state index contributed by atoms with van der Waals surface area (Å²) in [5.41, 5.74) is 5.31. The minimum absolute atomic E-state index is 0.100. The van der Waals surface area contributed by atoms with E-state index in [4.69, 9.17) is 10.5 Å². The third-order valence-electron chi connectivity index (χ3n) is 1.72. The van der Waals surface area contributed by atoms with E-state index in [1.807, 2.05) is 0 Å². The van der Waals surface area contributed by atoms with Crippen LogP contribution in [0, 0.1) is 0 Å². The number of anilines is 1. The summed E-state index contributed by atoms with van der Waals surface area (Å²) < 4.78 is 30.3. The van der Waals surface area contributed by atoms with E-state index in [9.17, 15) is 8.42 Å². The van der Waals surface area contributed by atoms with E-state index in [-0.39, 0.29) is 9.47 Å². The number of ether oxygens (including phenoxy) is 1. The van der Waals surface area contributed by atoms with Gasteiger partial charge in [0.05, 0.1) is 0 Å². The molecule has 0 aliphatic heterocycles. The van der Waals surface area contributed by atoms with Crippen molar-refractivity contribution in [2.45, 2.75) is 17.2 Å². The van der Waals surface area contributed by atoms with Crippen LogP contribution in [0.2, 0.25) is 0 Å². The van der Waals surface area contributed by atoms with E-state index in [0.29, 0.717) is 19.6 Å². The molecule has 0 spiro atoms. The highest BCUT2D eigenvalue weighted by Gasteiger charge is 2.18. The maximum absolute atomic E-state index is 11.6. The van der Waals surface area contributed by atoms with Crippen molar-refractivity contribution in [1.82, 2.24) is 14.9 Å². The SMILES string of the molecule is COCCCCNS(=O)(=O)c1nnc(N)s1. The fraction of sp³-hybridized carbons (Fsp3) is 0.714. The van der Waals surface area contributed by atoms with Gasteiger partial charge in [0.15, 0.2) is 0 Å². The summed E-state index contributed by atoms with van der Waals surface area (Å²) in [7, 11) is -1.95. The fourth-order valence-corrected chi connectivity index (χ4v) is 2.87. The number of nitrogens with one attached hydrogen (secondary N) is 1. The largest absolute Gasteiger partial charge is 0.385 e. The lowest BCUT2D eigenvalue weighted by Gasteiger charge is -2.02. The maximum atomic E-state index is 11.6. The van der Waals surface area contributed by atoms with Gasteiger partial charge in [-0.15, -0.1) is 10.2 Å². The van der Waals surface area contributed by atoms with Gasteiger partial charge in [-0.3, -0.25) is 0 Å². The second kappa shape index (κ2) is 6.09. The monoisotopic (exact) mass is 266 g/mol. The first kappa shape index (κ1) is 13.3. The van der Waals surface area contributed by atoms with Crippen LogP contribution in [0.3, 0.4) is 0 Å². The summed E-state index contributed by atoms with van der Waals surface area (Å²) in [5.74, 6) is 0. The molecule has 0 aromatic carbocycles. The van der Waals surface area contributed by atoms with Crippen LogP contribution >= 0.6 is 11.3 Å². The number of nitrogens with zero attached hydrogens (tertiary/aromatic N) is 2. The highest BCUT2D eigenvalue weighted by Crippen LogP contribution is 2.16. The Morgan fingerprint density at radius 1 is 1.44 bits per heavy atom. The smallest absolute Gasteiger partial charge is 0.269 e. The highest BCUT2D eigenvalue weighted by atomic mass is 32.2. The zero-order chi connectivity index (χ0) is 12.0. The molecule has 0 aliphatic rings. The van der Waals surface area contributed by atoms with Crippen molar-refractivity contribution < 1.29 is 13.2 Å². The van der Waals surface area contributed by atoms with E-state index in [1.165, 1.54) is 0 Å². The molecule has 0 radical (unpaired) electrons.